The summed E-state index contributed by atoms with van der Waals surface area (Å²) in [5, 5.41) is 13.2. The number of phenolic OH excluding ortho intramolecular Hbond substituents is 1. The van der Waals surface area contributed by atoms with Crippen LogP contribution in [0.25, 0.3) is 0 Å². The van der Waals surface area contributed by atoms with E-state index >= 15 is 0 Å². The van der Waals surface area contributed by atoms with Gasteiger partial charge in [-0.05, 0) is 86.2 Å². The fourth-order valence-electron chi connectivity index (χ4n) is 3.40. The van der Waals surface area contributed by atoms with Crippen LogP contribution in [0.5, 0.6) is 5.75 Å². The molecule has 0 bridgehead atoms. The zero-order valence-electron chi connectivity index (χ0n) is 14.3. The number of hydrogen-bond acceptors (Lipinski definition) is 4. The first-order chi connectivity index (χ1) is 11.3. The highest BCUT2D eigenvalue weighted by Gasteiger charge is 2.23. The summed E-state index contributed by atoms with van der Waals surface area (Å²) >= 11 is 0. The molecule has 1 unspecified atom stereocenters. The van der Waals surface area contributed by atoms with Gasteiger partial charge in [-0.1, -0.05) is 6.07 Å². The molecule has 2 aromatic rings. The number of benzene rings is 2. The molecule has 2 N–H and O–H groups in total. The highest BCUT2D eigenvalue weighted by atomic mass is 32.2. The maximum Gasteiger partial charge on any atom is 0.206 e. The third-order valence-corrected chi connectivity index (χ3v) is 6.56. The van der Waals surface area contributed by atoms with E-state index in [9.17, 15) is 13.5 Å². The first-order valence-electron chi connectivity index (χ1n) is 8.17. The van der Waals surface area contributed by atoms with Crippen LogP contribution >= 0.6 is 0 Å². The molecule has 24 heavy (non-hydrogen) atoms. The van der Waals surface area contributed by atoms with E-state index in [1.807, 2.05) is 13.0 Å². The summed E-state index contributed by atoms with van der Waals surface area (Å²) < 4.78 is 25.9. The molecule has 128 valence electrons. The Morgan fingerprint density at radius 1 is 1.00 bits per heavy atom. The third-order valence-electron chi connectivity index (χ3n) is 4.83. The van der Waals surface area contributed by atoms with E-state index in [2.05, 4.69) is 5.32 Å². The van der Waals surface area contributed by atoms with E-state index in [0.29, 0.717) is 21.9 Å². The number of hydrogen-bond donors (Lipinski definition) is 2. The largest absolute Gasteiger partial charge is 0.507 e. The molecule has 0 radical (unpaired) electrons. The average Bonchev–Trinajstić information content (AvgIpc) is 3.06. The fourth-order valence-corrected chi connectivity index (χ4v) is 4.92. The average molecular weight is 345 g/mol. The van der Waals surface area contributed by atoms with E-state index < -0.39 is 9.84 Å². The van der Waals surface area contributed by atoms with Crippen LogP contribution in [-0.2, 0) is 9.84 Å². The molecule has 0 saturated carbocycles. The van der Waals surface area contributed by atoms with Crippen LogP contribution in [0.2, 0.25) is 0 Å². The van der Waals surface area contributed by atoms with Crippen molar-refractivity contribution in [1.29, 1.82) is 0 Å². The summed E-state index contributed by atoms with van der Waals surface area (Å²) in [7, 11) is -3.59. The molecule has 0 spiro atoms. The smallest absolute Gasteiger partial charge is 0.206 e. The van der Waals surface area contributed by atoms with E-state index in [1.165, 1.54) is 17.7 Å². The van der Waals surface area contributed by atoms with Gasteiger partial charge in [0, 0.05) is 6.54 Å². The van der Waals surface area contributed by atoms with Crippen molar-refractivity contribution in [3.05, 3.63) is 52.6 Å². The van der Waals surface area contributed by atoms with Crippen LogP contribution < -0.4 is 5.32 Å². The Morgan fingerprint density at radius 3 is 2.17 bits per heavy atom. The van der Waals surface area contributed by atoms with Crippen LogP contribution in [0.3, 0.4) is 0 Å². The van der Waals surface area contributed by atoms with E-state index in [4.69, 9.17) is 0 Å². The zero-order chi connectivity index (χ0) is 17.5. The number of rotatable bonds is 3. The second kappa shape index (κ2) is 6.22. The topological polar surface area (TPSA) is 66.4 Å². The number of nitrogens with one attached hydrogen (secondary N) is 1. The van der Waals surface area contributed by atoms with Crippen molar-refractivity contribution in [3.8, 4) is 5.75 Å². The molecule has 0 amide bonds. The van der Waals surface area contributed by atoms with Gasteiger partial charge in [0.15, 0.2) is 0 Å². The molecule has 1 saturated heterocycles. The molecule has 2 aromatic carbocycles. The maximum atomic E-state index is 12.9. The van der Waals surface area contributed by atoms with Gasteiger partial charge in [-0.15, -0.1) is 0 Å². The summed E-state index contributed by atoms with van der Waals surface area (Å²) in [6.45, 7) is 7.35. The molecule has 5 heteroatoms. The van der Waals surface area contributed by atoms with E-state index in [1.54, 1.807) is 26.0 Å². The number of sulfone groups is 1. The second-order valence-electron chi connectivity index (χ2n) is 6.62. The number of aryl methyl sites for hydroxylation is 3. The van der Waals surface area contributed by atoms with Gasteiger partial charge >= 0.3 is 0 Å². The van der Waals surface area contributed by atoms with Crippen LogP contribution in [0.1, 0.15) is 34.6 Å². The Balaban J connectivity index is 2.03. The Labute approximate surface area is 143 Å². The van der Waals surface area contributed by atoms with Crippen LogP contribution in [-0.4, -0.2) is 26.6 Å². The third kappa shape index (κ3) is 2.94. The van der Waals surface area contributed by atoms with E-state index in [-0.39, 0.29) is 10.6 Å². The molecule has 1 fully saturated rings. The lowest BCUT2D eigenvalue weighted by molar-refractivity contribution is 0.466. The van der Waals surface area contributed by atoms with Crippen LogP contribution in [0.15, 0.2) is 40.1 Å². The molecule has 1 heterocycles. The van der Waals surface area contributed by atoms with Crippen molar-refractivity contribution < 1.29 is 13.5 Å². The Morgan fingerprint density at radius 2 is 1.62 bits per heavy atom. The lowest BCUT2D eigenvalue weighted by atomic mass is 9.94. The maximum absolute atomic E-state index is 12.9. The molecule has 3 rings (SSSR count). The lowest BCUT2D eigenvalue weighted by Gasteiger charge is -2.15. The normalized spacial score (nSPS) is 18.0. The van der Waals surface area contributed by atoms with Crippen LogP contribution in [0.4, 0.5) is 0 Å². The van der Waals surface area contributed by atoms with Crippen molar-refractivity contribution in [2.24, 2.45) is 0 Å². The van der Waals surface area contributed by atoms with Crippen molar-refractivity contribution in [1.82, 2.24) is 5.32 Å². The Kier molecular flexibility index (Phi) is 4.40. The molecule has 1 atom stereocenters. The Hall–Kier alpha value is -1.85. The summed E-state index contributed by atoms with van der Waals surface area (Å²) in [5.74, 6) is 0.606. The van der Waals surface area contributed by atoms with Gasteiger partial charge in [-0.3, -0.25) is 0 Å². The minimum atomic E-state index is -3.59. The molecule has 4 nitrogen and oxygen atoms in total. The van der Waals surface area contributed by atoms with Crippen LogP contribution in [0, 0.1) is 20.8 Å². The summed E-state index contributed by atoms with van der Waals surface area (Å²) in [6, 6.07) is 8.47. The number of aromatic hydroxyl groups is 1. The SMILES string of the molecule is Cc1cc(S(=O)(=O)c2cc(C)c(O)c(C)c2)ccc1C1CCNC1. The molecule has 0 aromatic heterocycles. The summed E-state index contributed by atoms with van der Waals surface area (Å²) in [6.07, 6.45) is 1.09. The second-order valence-corrected chi connectivity index (χ2v) is 8.57. The monoisotopic (exact) mass is 345 g/mol. The van der Waals surface area contributed by atoms with Crippen molar-refractivity contribution in [3.63, 3.8) is 0 Å². The predicted octanol–water partition coefficient (Wildman–Crippen LogP) is 3.23. The molecule has 0 aliphatic carbocycles. The minimum absolute atomic E-state index is 0.147. The van der Waals surface area contributed by atoms with Crippen molar-refractivity contribution in [2.75, 3.05) is 13.1 Å². The van der Waals surface area contributed by atoms with Gasteiger partial charge < -0.3 is 10.4 Å². The van der Waals surface area contributed by atoms with Crippen molar-refractivity contribution >= 4 is 9.84 Å². The van der Waals surface area contributed by atoms with Gasteiger partial charge in [0.2, 0.25) is 9.84 Å². The van der Waals surface area contributed by atoms with Gasteiger partial charge in [-0.25, -0.2) is 8.42 Å². The van der Waals surface area contributed by atoms with Gasteiger partial charge in [0.25, 0.3) is 0 Å². The standard InChI is InChI=1S/C19H23NO3S/c1-12-8-16(4-5-18(12)15-6-7-20-11-15)24(22,23)17-9-13(2)19(21)14(3)10-17/h4-5,8-10,15,20-21H,6-7,11H2,1-3H3. The quantitative estimate of drug-likeness (QED) is 0.896. The zero-order valence-corrected chi connectivity index (χ0v) is 15.1. The predicted molar refractivity (Wildman–Crippen MR) is 94.4 cm³/mol. The molecule has 1 aliphatic heterocycles. The van der Waals surface area contributed by atoms with Gasteiger partial charge in [0.1, 0.15) is 5.75 Å². The lowest BCUT2D eigenvalue weighted by Crippen LogP contribution is -2.09. The molecular formula is C19H23NO3S. The minimum Gasteiger partial charge on any atom is -0.507 e. The van der Waals surface area contributed by atoms with E-state index in [0.717, 1.165) is 25.1 Å². The Bertz CT molecular complexity index is 858. The van der Waals surface area contributed by atoms with Gasteiger partial charge in [-0.2, -0.15) is 0 Å². The highest BCUT2D eigenvalue weighted by molar-refractivity contribution is 7.91. The summed E-state index contributed by atoms with van der Waals surface area (Å²) in [5.41, 5.74) is 3.37. The molecule has 1 aliphatic rings. The summed E-state index contributed by atoms with van der Waals surface area (Å²) in [4.78, 5) is 0.532. The van der Waals surface area contributed by atoms with Gasteiger partial charge in [0.05, 0.1) is 9.79 Å². The first kappa shape index (κ1) is 17.0. The number of phenols is 1. The highest BCUT2D eigenvalue weighted by Crippen LogP contribution is 2.31. The molecular weight excluding hydrogens is 322 g/mol. The fraction of sp³-hybridized carbons (Fsp3) is 0.368. The first-order valence-corrected chi connectivity index (χ1v) is 9.65. The van der Waals surface area contributed by atoms with Crippen molar-refractivity contribution in [2.45, 2.75) is 42.9 Å².